The quantitative estimate of drug-likeness (QED) is 0.827. The number of aliphatic hydroxyl groups excluding tert-OH is 1. The zero-order chi connectivity index (χ0) is 15.6. The minimum atomic E-state index is -0.0377. The number of nitrogen functional groups attached to an aromatic ring is 1. The molecule has 0 aliphatic carbocycles. The summed E-state index contributed by atoms with van der Waals surface area (Å²) in [7, 11) is 3.49. The van der Waals surface area contributed by atoms with Crippen molar-refractivity contribution in [3.8, 4) is 0 Å². The summed E-state index contributed by atoms with van der Waals surface area (Å²) in [6, 6.07) is 0. The summed E-state index contributed by atoms with van der Waals surface area (Å²) in [5.41, 5.74) is 6.79. The number of nitrogens with two attached hydrogens (primary N) is 1. The van der Waals surface area contributed by atoms with Crippen molar-refractivity contribution in [2.24, 2.45) is 5.92 Å². The number of anilines is 2. The van der Waals surface area contributed by atoms with Crippen molar-refractivity contribution in [1.29, 1.82) is 0 Å². The molecule has 0 saturated carbocycles. The van der Waals surface area contributed by atoms with Crippen LogP contribution < -0.4 is 10.6 Å². The molecule has 1 aliphatic rings. The number of thioether (sulfide) groups is 1. The van der Waals surface area contributed by atoms with Gasteiger partial charge in [-0.1, -0.05) is 0 Å². The van der Waals surface area contributed by atoms with Crippen LogP contribution in [0.2, 0.25) is 0 Å². The molecular formula is C14H23N3O2S2. The van der Waals surface area contributed by atoms with E-state index in [0.29, 0.717) is 16.5 Å². The molecule has 0 atom stereocenters. The number of thiophene rings is 1. The van der Waals surface area contributed by atoms with Crippen LogP contribution in [0.25, 0.3) is 0 Å². The molecule has 21 heavy (non-hydrogen) atoms. The lowest BCUT2D eigenvalue weighted by atomic mass is 9.98. The van der Waals surface area contributed by atoms with Gasteiger partial charge in [0.2, 0.25) is 0 Å². The predicted molar refractivity (Wildman–Crippen MR) is 90.6 cm³/mol. The van der Waals surface area contributed by atoms with Gasteiger partial charge in [0.05, 0.1) is 10.6 Å². The summed E-state index contributed by atoms with van der Waals surface area (Å²) in [5.74, 6) is 0.364. The van der Waals surface area contributed by atoms with Crippen molar-refractivity contribution in [3.05, 3.63) is 4.88 Å². The van der Waals surface area contributed by atoms with E-state index in [1.807, 2.05) is 6.26 Å². The minimum Gasteiger partial charge on any atom is -0.396 e. The fourth-order valence-corrected chi connectivity index (χ4v) is 4.76. The molecule has 5 nitrogen and oxygen atoms in total. The zero-order valence-corrected chi connectivity index (χ0v) is 14.4. The topological polar surface area (TPSA) is 69.8 Å². The summed E-state index contributed by atoms with van der Waals surface area (Å²) in [4.78, 5) is 17.7. The molecule has 1 aromatic heterocycles. The second-order valence-corrected chi connectivity index (χ2v) is 7.31. The molecule has 1 amide bonds. The van der Waals surface area contributed by atoms with E-state index in [0.717, 1.165) is 35.8 Å². The number of hydrogen-bond acceptors (Lipinski definition) is 6. The summed E-state index contributed by atoms with van der Waals surface area (Å²) < 4.78 is 0. The van der Waals surface area contributed by atoms with Gasteiger partial charge in [0, 0.05) is 33.8 Å². The lowest BCUT2D eigenvalue weighted by Gasteiger charge is -2.32. The molecule has 0 spiro atoms. The molecule has 2 rings (SSSR count). The van der Waals surface area contributed by atoms with Gasteiger partial charge in [0.25, 0.3) is 5.91 Å². The number of amides is 1. The van der Waals surface area contributed by atoms with Crippen LogP contribution in [0.3, 0.4) is 0 Å². The Bertz CT molecular complexity index is 509. The highest BCUT2D eigenvalue weighted by Gasteiger charge is 2.27. The molecule has 1 aliphatic heterocycles. The average molecular weight is 329 g/mol. The maximum Gasteiger partial charge on any atom is 0.265 e. The highest BCUT2D eigenvalue weighted by molar-refractivity contribution is 7.99. The molecule has 0 bridgehead atoms. The molecule has 0 radical (unpaired) electrons. The van der Waals surface area contributed by atoms with E-state index in [2.05, 4.69) is 4.90 Å². The van der Waals surface area contributed by atoms with Crippen molar-refractivity contribution >= 4 is 39.7 Å². The third kappa shape index (κ3) is 3.30. The van der Waals surface area contributed by atoms with Crippen LogP contribution in [0.5, 0.6) is 0 Å². The Hall–Kier alpha value is -0.920. The second-order valence-electron chi connectivity index (χ2n) is 5.50. The van der Waals surface area contributed by atoms with Crippen LogP contribution in [-0.4, -0.2) is 56.0 Å². The Labute approximate surface area is 134 Å². The Balaban J connectivity index is 2.27. The Kier molecular flexibility index (Phi) is 5.40. The van der Waals surface area contributed by atoms with Crippen LogP contribution >= 0.6 is 23.1 Å². The molecular weight excluding hydrogens is 306 g/mol. The first kappa shape index (κ1) is 16.5. The molecule has 7 heteroatoms. The zero-order valence-electron chi connectivity index (χ0n) is 12.8. The van der Waals surface area contributed by atoms with E-state index in [1.54, 1.807) is 30.8 Å². The average Bonchev–Trinajstić information content (AvgIpc) is 2.83. The smallest absolute Gasteiger partial charge is 0.265 e. The largest absolute Gasteiger partial charge is 0.396 e. The van der Waals surface area contributed by atoms with E-state index in [-0.39, 0.29) is 12.5 Å². The number of rotatable bonds is 4. The summed E-state index contributed by atoms with van der Waals surface area (Å²) in [5, 5.41) is 10.3. The summed E-state index contributed by atoms with van der Waals surface area (Å²) in [6.45, 7) is 2.09. The first-order chi connectivity index (χ1) is 9.99. The van der Waals surface area contributed by atoms with Crippen molar-refractivity contribution in [2.45, 2.75) is 17.7 Å². The number of aliphatic hydroxyl groups is 1. The van der Waals surface area contributed by atoms with Crippen LogP contribution in [0.1, 0.15) is 22.5 Å². The fourth-order valence-electron chi connectivity index (χ4n) is 2.50. The molecule has 118 valence electrons. The van der Waals surface area contributed by atoms with Crippen LogP contribution in [0.15, 0.2) is 4.90 Å². The highest BCUT2D eigenvalue weighted by Crippen LogP contribution is 2.45. The van der Waals surface area contributed by atoms with E-state index in [1.165, 1.54) is 11.3 Å². The van der Waals surface area contributed by atoms with Crippen molar-refractivity contribution in [1.82, 2.24) is 4.90 Å². The molecule has 0 unspecified atom stereocenters. The van der Waals surface area contributed by atoms with E-state index in [4.69, 9.17) is 5.73 Å². The van der Waals surface area contributed by atoms with Gasteiger partial charge >= 0.3 is 0 Å². The number of carbonyl (C=O) groups is 1. The Morgan fingerprint density at radius 3 is 2.57 bits per heavy atom. The predicted octanol–water partition coefficient (Wildman–Crippen LogP) is 1.96. The lowest BCUT2D eigenvalue weighted by molar-refractivity contribution is 0.0833. The van der Waals surface area contributed by atoms with Gasteiger partial charge in [-0.3, -0.25) is 4.79 Å². The molecule has 3 N–H and O–H groups in total. The van der Waals surface area contributed by atoms with Gasteiger partial charge in [-0.05, 0) is 25.0 Å². The monoisotopic (exact) mass is 329 g/mol. The maximum atomic E-state index is 12.2. The molecule has 0 aromatic carbocycles. The molecule has 2 heterocycles. The van der Waals surface area contributed by atoms with Crippen LogP contribution in [0, 0.1) is 5.92 Å². The summed E-state index contributed by atoms with van der Waals surface area (Å²) >= 11 is 3.08. The standard InChI is InChI=1S/C14H23N3O2S2/c1-16(2)13(19)11-10(15)12(20-3)14(21-11)17-6-4-9(8-18)5-7-17/h9,18H,4-8,15H2,1-3H3. The van der Waals surface area contributed by atoms with E-state index in [9.17, 15) is 9.90 Å². The fraction of sp³-hybridized carbons (Fsp3) is 0.643. The van der Waals surface area contributed by atoms with Crippen LogP contribution in [0.4, 0.5) is 10.7 Å². The highest BCUT2D eigenvalue weighted by atomic mass is 32.2. The van der Waals surface area contributed by atoms with Gasteiger partial charge in [-0.2, -0.15) is 0 Å². The number of piperidine rings is 1. The summed E-state index contributed by atoms with van der Waals surface area (Å²) in [6.07, 6.45) is 3.96. The Morgan fingerprint density at radius 1 is 1.48 bits per heavy atom. The van der Waals surface area contributed by atoms with Gasteiger partial charge in [0.15, 0.2) is 0 Å². The number of nitrogens with zero attached hydrogens (tertiary/aromatic N) is 2. The van der Waals surface area contributed by atoms with Crippen molar-refractivity contribution in [2.75, 3.05) is 50.7 Å². The maximum absolute atomic E-state index is 12.2. The SMILES string of the molecule is CSc1c(N2CCC(CO)CC2)sc(C(=O)N(C)C)c1N. The molecule has 1 saturated heterocycles. The van der Waals surface area contributed by atoms with Crippen molar-refractivity contribution in [3.63, 3.8) is 0 Å². The van der Waals surface area contributed by atoms with Crippen molar-refractivity contribution < 1.29 is 9.90 Å². The van der Waals surface area contributed by atoms with E-state index >= 15 is 0 Å². The van der Waals surface area contributed by atoms with Gasteiger partial charge in [-0.15, -0.1) is 23.1 Å². The number of hydrogen-bond donors (Lipinski definition) is 2. The third-order valence-corrected chi connectivity index (χ3v) is 6.05. The second kappa shape index (κ2) is 6.89. The van der Waals surface area contributed by atoms with Crippen LogP contribution in [-0.2, 0) is 0 Å². The first-order valence-electron chi connectivity index (χ1n) is 7.03. The molecule has 1 aromatic rings. The number of carbonyl (C=O) groups excluding carboxylic acids is 1. The van der Waals surface area contributed by atoms with Gasteiger partial charge < -0.3 is 20.6 Å². The van der Waals surface area contributed by atoms with E-state index < -0.39 is 0 Å². The minimum absolute atomic E-state index is 0.0377. The van der Waals surface area contributed by atoms with Gasteiger partial charge in [0.1, 0.15) is 9.88 Å². The first-order valence-corrected chi connectivity index (χ1v) is 9.07. The Morgan fingerprint density at radius 2 is 2.10 bits per heavy atom. The van der Waals surface area contributed by atoms with Gasteiger partial charge in [-0.25, -0.2) is 0 Å². The normalized spacial score (nSPS) is 16.3. The third-order valence-electron chi connectivity index (χ3n) is 3.85. The lowest BCUT2D eigenvalue weighted by Crippen LogP contribution is -2.34. The molecule has 1 fully saturated rings.